The number of hydrogen-bond acceptors (Lipinski definition) is 2. The van der Waals surface area contributed by atoms with Crippen molar-refractivity contribution in [3.63, 3.8) is 0 Å². The largest absolute Gasteiger partial charge is 0.445 e. The van der Waals surface area contributed by atoms with Crippen LogP contribution < -0.4 is 5.32 Å². The summed E-state index contributed by atoms with van der Waals surface area (Å²) in [6.07, 6.45) is 0.251. The number of halogens is 1. The van der Waals surface area contributed by atoms with Gasteiger partial charge in [-0.05, 0) is 12.0 Å². The quantitative estimate of drug-likeness (QED) is 0.850. The van der Waals surface area contributed by atoms with Crippen molar-refractivity contribution in [3.8, 4) is 0 Å². The summed E-state index contributed by atoms with van der Waals surface area (Å²) in [5, 5.41) is 2.62. The van der Waals surface area contributed by atoms with Gasteiger partial charge in [-0.15, -0.1) is 0 Å². The number of nitrogens with one attached hydrogen (secondary N) is 1. The summed E-state index contributed by atoms with van der Waals surface area (Å²) in [7, 11) is 0. The van der Waals surface area contributed by atoms with E-state index in [4.69, 9.17) is 4.74 Å². The number of rotatable bonds is 4. The summed E-state index contributed by atoms with van der Waals surface area (Å²) in [5.74, 6) is -0.00993. The zero-order chi connectivity index (χ0) is 11.4. The van der Waals surface area contributed by atoms with Crippen LogP contribution in [0.4, 0.5) is 9.18 Å². The first-order valence-corrected chi connectivity index (χ1v) is 5.33. The van der Waals surface area contributed by atoms with Crippen LogP contribution >= 0.6 is 0 Å². The zero-order valence-electron chi connectivity index (χ0n) is 8.86. The predicted octanol–water partition coefficient (Wildman–Crippen LogP) is 2.27. The van der Waals surface area contributed by atoms with Crippen LogP contribution in [0.1, 0.15) is 12.0 Å². The van der Waals surface area contributed by atoms with Crippen LogP contribution in [0.3, 0.4) is 0 Å². The predicted molar refractivity (Wildman–Crippen MR) is 57.6 cm³/mol. The zero-order valence-corrected chi connectivity index (χ0v) is 8.86. The summed E-state index contributed by atoms with van der Waals surface area (Å²) < 4.78 is 17.1. The third-order valence-corrected chi connectivity index (χ3v) is 2.64. The van der Waals surface area contributed by atoms with Crippen LogP contribution in [-0.4, -0.2) is 18.8 Å². The fourth-order valence-electron chi connectivity index (χ4n) is 1.51. The van der Waals surface area contributed by atoms with Gasteiger partial charge in [-0.25, -0.2) is 4.79 Å². The van der Waals surface area contributed by atoms with E-state index in [9.17, 15) is 9.18 Å². The molecule has 2 atom stereocenters. The number of benzene rings is 1. The lowest BCUT2D eigenvalue weighted by Gasteiger charge is -2.06. The fraction of sp³-hybridized carbons (Fsp3) is 0.417. The van der Waals surface area contributed by atoms with Crippen molar-refractivity contribution in [2.45, 2.75) is 19.1 Å². The normalized spacial score (nSPS) is 22.6. The lowest BCUT2D eigenvalue weighted by Crippen LogP contribution is -2.27. The lowest BCUT2D eigenvalue weighted by molar-refractivity contribution is 0.138. The SMILES string of the molecule is O=C(N[C@@H]1C[C@H]1CF)OCc1ccccc1. The molecule has 1 amide bonds. The fourth-order valence-corrected chi connectivity index (χ4v) is 1.51. The molecule has 86 valence electrons. The van der Waals surface area contributed by atoms with E-state index in [2.05, 4.69) is 5.32 Å². The number of hydrogen-bond donors (Lipinski definition) is 1. The second-order valence-electron chi connectivity index (χ2n) is 3.96. The van der Waals surface area contributed by atoms with Crippen molar-refractivity contribution < 1.29 is 13.9 Å². The van der Waals surface area contributed by atoms with Gasteiger partial charge in [0.15, 0.2) is 0 Å². The molecule has 1 aromatic rings. The van der Waals surface area contributed by atoms with Crippen molar-refractivity contribution in [2.75, 3.05) is 6.67 Å². The van der Waals surface area contributed by atoms with E-state index >= 15 is 0 Å². The van der Waals surface area contributed by atoms with Gasteiger partial charge in [-0.3, -0.25) is 4.39 Å². The van der Waals surface area contributed by atoms with E-state index in [1.807, 2.05) is 30.3 Å². The number of alkyl halides is 1. The molecular formula is C12H14FNO2. The van der Waals surface area contributed by atoms with Crippen LogP contribution in [0.2, 0.25) is 0 Å². The highest BCUT2D eigenvalue weighted by Crippen LogP contribution is 2.30. The third-order valence-electron chi connectivity index (χ3n) is 2.64. The highest BCUT2D eigenvalue weighted by molar-refractivity contribution is 5.68. The summed E-state index contributed by atoms with van der Waals surface area (Å²) in [4.78, 5) is 11.3. The Kier molecular flexibility index (Phi) is 3.39. The molecule has 3 nitrogen and oxygen atoms in total. The highest BCUT2D eigenvalue weighted by Gasteiger charge is 2.38. The Morgan fingerprint density at radius 3 is 2.81 bits per heavy atom. The van der Waals surface area contributed by atoms with Gasteiger partial charge < -0.3 is 10.1 Å². The van der Waals surface area contributed by atoms with Crippen LogP contribution in [0.25, 0.3) is 0 Å². The summed E-state index contributed by atoms with van der Waals surface area (Å²) in [6.45, 7) is -0.122. The van der Waals surface area contributed by atoms with Crippen LogP contribution in [0, 0.1) is 5.92 Å². The van der Waals surface area contributed by atoms with E-state index in [0.29, 0.717) is 0 Å². The van der Waals surface area contributed by atoms with Crippen molar-refractivity contribution in [1.29, 1.82) is 0 Å². The number of ether oxygens (including phenoxy) is 1. The molecular weight excluding hydrogens is 209 g/mol. The monoisotopic (exact) mass is 223 g/mol. The Balaban J connectivity index is 1.69. The Hall–Kier alpha value is -1.58. The molecule has 0 bridgehead atoms. The third kappa shape index (κ3) is 2.95. The van der Waals surface area contributed by atoms with Gasteiger partial charge in [-0.2, -0.15) is 0 Å². The molecule has 16 heavy (non-hydrogen) atoms. The smallest absolute Gasteiger partial charge is 0.407 e. The van der Waals surface area contributed by atoms with Crippen molar-refractivity contribution in [3.05, 3.63) is 35.9 Å². The summed E-state index contributed by atoms with van der Waals surface area (Å²) in [6, 6.07) is 9.41. The van der Waals surface area contributed by atoms with Gasteiger partial charge in [0.25, 0.3) is 0 Å². The number of alkyl carbamates (subject to hydrolysis) is 1. The Labute approximate surface area is 93.6 Å². The van der Waals surface area contributed by atoms with Gasteiger partial charge >= 0.3 is 6.09 Å². The first-order valence-electron chi connectivity index (χ1n) is 5.33. The molecule has 1 aliphatic rings. The van der Waals surface area contributed by atoms with Crippen LogP contribution in [0.15, 0.2) is 30.3 Å². The molecule has 1 N–H and O–H groups in total. The molecule has 1 aromatic carbocycles. The standard InChI is InChI=1S/C12H14FNO2/c13-7-10-6-11(10)14-12(15)16-8-9-4-2-1-3-5-9/h1-5,10-11H,6-8H2,(H,14,15)/t10-,11+/m0/s1. The topological polar surface area (TPSA) is 38.3 Å². The van der Waals surface area contributed by atoms with E-state index in [0.717, 1.165) is 12.0 Å². The van der Waals surface area contributed by atoms with Crippen molar-refractivity contribution in [1.82, 2.24) is 5.32 Å². The van der Waals surface area contributed by atoms with Crippen LogP contribution in [-0.2, 0) is 11.3 Å². The molecule has 0 radical (unpaired) electrons. The average molecular weight is 223 g/mol. The molecule has 0 unspecified atom stereocenters. The molecule has 4 heteroatoms. The van der Waals surface area contributed by atoms with Crippen molar-refractivity contribution >= 4 is 6.09 Å². The van der Waals surface area contributed by atoms with Gasteiger partial charge in [-0.1, -0.05) is 30.3 Å². The lowest BCUT2D eigenvalue weighted by atomic mass is 10.2. The molecule has 1 saturated carbocycles. The Morgan fingerprint density at radius 2 is 2.19 bits per heavy atom. The number of carbonyl (C=O) groups is 1. The first-order chi connectivity index (χ1) is 7.79. The minimum Gasteiger partial charge on any atom is -0.445 e. The minimum absolute atomic E-state index is 0.00993. The Morgan fingerprint density at radius 1 is 1.44 bits per heavy atom. The molecule has 0 heterocycles. The van der Waals surface area contributed by atoms with Crippen molar-refractivity contribution in [2.24, 2.45) is 5.92 Å². The minimum atomic E-state index is -0.468. The molecule has 0 saturated heterocycles. The van der Waals surface area contributed by atoms with E-state index in [1.165, 1.54) is 0 Å². The molecule has 0 spiro atoms. The molecule has 0 aliphatic heterocycles. The van der Waals surface area contributed by atoms with Gasteiger partial charge in [0, 0.05) is 12.0 Å². The van der Waals surface area contributed by atoms with E-state index < -0.39 is 6.09 Å². The maximum atomic E-state index is 12.1. The maximum absolute atomic E-state index is 12.1. The first kappa shape index (κ1) is 10.9. The van der Waals surface area contributed by atoms with E-state index in [1.54, 1.807) is 0 Å². The maximum Gasteiger partial charge on any atom is 0.407 e. The summed E-state index contributed by atoms with van der Waals surface area (Å²) in [5.41, 5.74) is 0.940. The van der Waals surface area contributed by atoms with Crippen LogP contribution in [0.5, 0.6) is 0 Å². The number of amides is 1. The molecule has 1 fully saturated rings. The second-order valence-corrected chi connectivity index (χ2v) is 3.96. The van der Waals surface area contributed by atoms with Gasteiger partial charge in [0.1, 0.15) is 6.61 Å². The highest BCUT2D eigenvalue weighted by atomic mass is 19.1. The molecule has 1 aliphatic carbocycles. The molecule has 0 aromatic heterocycles. The Bertz CT molecular complexity index is 355. The van der Waals surface area contributed by atoms with Gasteiger partial charge in [0.2, 0.25) is 0 Å². The summed E-state index contributed by atoms with van der Waals surface area (Å²) >= 11 is 0. The number of carbonyl (C=O) groups excluding carboxylic acids is 1. The van der Waals surface area contributed by atoms with E-state index in [-0.39, 0.29) is 25.2 Å². The van der Waals surface area contributed by atoms with Gasteiger partial charge in [0.05, 0.1) is 6.67 Å². The second kappa shape index (κ2) is 4.96. The molecule has 2 rings (SSSR count). The average Bonchev–Trinajstić information content (AvgIpc) is 3.06.